The van der Waals surface area contributed by atoms with Gasteiger partial charge in [0, 0.05) is 28.5 Å². The van der Waals surface area contributed by atoms with Gasteiger partial charge in [0.05, 0.1) is 12.8 Å². The zero-order chi connectivity index (χ0) is 21.3. The Morgan fingerprint density at radius 2 is 2.00 bits per heavy atom. The molecule has 29 heavy (non-hydrogen) atoms. The summed E-state index contributed by atoms with van der Waals surface area (Å²) >= 11 is 6.20. The van der Waals surface area contributed by atoms with E-state index >= 15 is 0 Å². The molecule has 0 radical (unpaired) electrons. The lowest BCUT2D eigenvalue weighted by Gasteiger charge is -2.14. The second kappa shape index (κ2) is 8.34. The molecule has 0 aliphatic heterocycles. The molecule has 0 fully saturated rings. The summed E-state index contributed by atoms with van der Waals surface area (Å²) in [6.07, 6.45) is 1.80. The number of nitrogens with zero attached hydrogens (tertiary/aromatic N) is 1. The van der Waals surface area contributed by atoms with Gasteiger partial charge in [-0.25, -0.2) is 0 Å². The van der Waals surface area contributed by atoms with Crippen molar-refractivity contribution in [2.45, 2.75) is 40.2 Å². The van der Waals surface area contributed by atoms with Crippen molar-refractivity contribution in [1.29, 1.82) is 0 Å². The zero-order valence-corrected chi connectivity index (χ0v) is 18.4. The summed E-state index contributed by atoms with van der Waals surface area (Å²) in [5, 5.41) is 4.69. The number of ether oxygens (including phenoxy) is 1. The fraction of sp³-hybridized carbons (Fsp3) is 0.292. The molecule has 0 atom stereocenters. The van der Waals surface area contributed by atoms with Crippen molar-refractivity contribution >= 4 is 34.1 Å². The Balaban J connectivity index is 2.12. The van der Waals surface area contributed by atoms with E-state index in [0.29, 0.717) is 34.6 Å². The molecular weight excluding hydrogens is 384 g/mol. The van der Waals surface area contributed by atoms with Crippen LogP contribution in [0.25, 0.3) is 10.9 Å². The van der Waals surface area contributed by atoms with Crippen molar-refractivity contribution < 1.29 is 9.53 Å². The Kier molecular flexibility index (Phi) is 6.04. The Morgan fingerprint density at radius 1 is 1.28 bits per heavy atom. The minimum absolute atomic E-state index is 0.188. The number of nitrogens with one attached hydrogen (secondary N) is 1. The number of anilines is 1. The predicted octanol–water partition coefficient (Wildman–Crippen LogP) is 6.48. The van der Waals surface area contributed by atoms with Gasteiger partial charge in [-0.3, -0.25) is 4.79 Å². The number of allylic oxidation sites excluding steroid dienone is 1. The maximum absolute atomic E-state index is 13.3. The molecule has 152 valence electrons. The number of benzene rings is 2. The number of halogens is 1. The second-order valence-corrected chi connectivity index (χ2v) is 7.97. The van der Waals surface area contributed by atoms with Crippen molar-refractivity contribution in [2.24, 2.45) is 0 Å². The highest BCUT2D eigenvalue weighted by Crippen LogP contribution is 2.33. The van der Waals surface area contributed by atoms with Gasteiger partial charge in [-0.2, -0.15) is 0 Å². The van der Waals surface area contributed by atoms with E-state index < -0.39 is 0 Å². The maximum atomic E-state index is 13.3. The van der Waals surface area contributed by atoms with Crippen LogP contribution in [-0.2, 0) is 6.54 Å². The van der Waals surface area contributed by atoms with Crippen molar-refractivity contribution in [3.05, 3.63) is 70.4 Å². The molecule has 2 aromatic carbocycles. The molecule has 1 N–H and O–H groups in total. The predicted molar refractivity (Wildman–Crippen MR) is 122 cm³/mol. The number of carbonyl (C=O) groups is 1. The molecule has 0 aliphatic rings. The molecule has 4 nitrogen and oxygen atoms in total. The smallest absolute Gasteiger partial charge is 0.272 e. The largest absolute Gasteiger partial charge is 0.495 e. The number of methoxy groups -OCH3 is 1. The van der Waals surface area contributed by atoms with Gasteiger partial charge in [0.25, 0.3) is 5.91 Å². The number of hydrogen-bond acceptors (Lipinski definition) is 2. The standard InChI is InChI=1S/C24H27ClN2O2/c1-7-10-27-21-9-8-17(14(2)3)12-18(21)16(5)23(27)24(28)26-20-11-15(4)19(25)13-22(20)29-6/h7-9,11-14H,1,10H2,2-6H3,(H,26,28). The van der Waals surface area contributed by atoms with E-state index in [1.807, 2.05) is 24.5 Å². The average molecular weight is 411 g/mol. The fourth-order valence-electron chi connectivity index (χ4n) is 3.62. The monoisotopic (exact) mass is 410 g/mol. The van der Waals surface area contributed by atoms with Gasteiger partial charge < -0.3 is 14.6 Å². The van der Waals surface area contributed by atoms with Crippen LogP contribution in [0.5, 0.6) is 5.75 Å². The summed E-state index contributed by atoms with van der Waals surface area (Å²) in [6, 6.07) is 9.93. The van der Waals surface area contributed by atoms with E-state index in [9.17, 15) is 4.79 Å². The first-order chi connectivity index (χ1) is 13.8. The van der Waals surface area contributed by atoms with E-state index in [1.54, 1.807) is 19.3 Å². The SMILES string of the molecule is C=CCn1c(C(=O)Nc2cc(C)c(Cl)cc2OC)c(C)c2cc(C(C)C)ccc21. The molecule has 1 aromatic heterocycles. The molecule has 0 saturated heterocycles. The van der Waals surface area contributed by atoms with Gasteiger partial charge in [-0.1, -0.05) is 37.6 Å². The summed E-state index contributed by atoms with van der Waals surface area (Å²) < 4.78 is 7.41. The van der Waals surface area contributed by atoms with Crippen LogP contribution in [0.2, 0.25) is 5.02 Å². The first kappa shape index (κ1) is 21.0. The van der Waals surface area contributed by atoms with Crippen LogP contribution in [0, 0.1) is 13.8 Å². The Bertz CT molecular complexity index is 1100. The molecule has 1 heterocycles. The summed E-state index contributed by atoms with van der Waals surface area (Å²) in [5.74, 6) is 0.756. The lowest BCUT2D eigenvalue weighted by molar-refractivity contribution is 0.101. The molecule has 5 heteroatoms. The Labute approximate surface area is 177 Å². The zero-order valence-electron chi connectivity index (χ0n) is 17.6. The Hall–Kier alpha value is -2.72. The summed E-state index contributed by atoms with van der Waals surface area (Å²) in [6.45, 7) is 12.6. The number of amides is 1. The minimum Gasteiger partial charge on any atom is -0.495 e. The van der Waals surface area contributed by atoms with Gasteiger partial charge in [0.15, 0.2) is 0 Å². The highest BCUT2D eigenvalue weighted by molar-refractivity contribution is 6.31. The lowest BCUT2D eigenvalue weighted by Crippen LogP contribution is -2.18. The summed E-state index contributed by atoms with van der Waals surface area (Å²) in [4.78, 5) is 13.3. The first-order valence-electron chi connectivity index (χ1n) is 9.67. The highest BCUT2D eigenvalue weighted by Gasteiger charge is 2.22. The summed E-state index contributed by atoms with van der Waals surface area (Å²) in [7, 11) is 1.56. The minimum atomic E-state index is -0.188. The Morgan fingerprint density at radius 3 is 2.62 bits per heavy atom. The molecule has 0 spiro atoms. The second-order valence-electron chi connectivity index (χ2n) is 7.56. The van der Waals surface area contributed by atoms with Crippen molar-refractivity contribution in [3.63, 3.8) is 0 Å². The molecule has 1 amide bonds. The fourth-order valence-corrected chi connectivity index (χ4v) is 3.78. The van der Waals surface area contributed by atoms with Gasteiger partial charge in [0.2, 0.25) is 0 Å². The number of aromatic nitrogens is 1. The van der Waals surface area contributed by atoms with Crippen molar-refractivity contribution in [1.82, 2.24) is 4.57 Å². The molecule has 3 aromatic rings. The van der Waals surface area contributed by atoms with E-state index in [-0.39, 0.29) is 5.91 Å². The number of fused-ring (bicyclic) bond motifs is 1. The third-order valence-corrected chi connectivity index (χ3v) is 5.67. The summed E-state index contributed by atoms with van der Waals surface area (Å²) in [5.41, 5.74) is 5.31. The normalized spacial score (nSPS) is 11.1. The van der Waals surface area contributed by atoms with E-state index in [1.165, 1.54) is 5.56 Å². The molecule has 0 aliphatic carbocycles. The van der Waals surface area contributed by atoms with Gasteiger partial charge >= 0.3 is 0 Å². The van der Waals surface area contributed by atoms with Crippen LogP contribution >= 0.6 is 11.6 Å². The van der Waals surface area contributed by atoms with E-state index in [4.69, 9.17) is 16.3 Å². The van der Waals surface area contributed by atoms with Crippen LogP contribution in [0.4, 0.5) is 5.69 Å². The first-order valence-corrected chi connectivity index (χ1v) is 10.0. The van der Waals surface area contributed by atoms with Crippen LogP contribution in [0.3, 0.4) is 0 Å². The number of aryl methyl sites for hydroxylation is 2. The van der Waals surface area contributed by atoms with Crippen LogP contribution in [0.15, 0.2) is 43.0 Å². The lowest BCUT2D eigenvalue weighted by atomic mass is 10.0. The number of rotatable bonds is 6. The molecule has 0 unspecified atom stereocenters. The molecule has 3 rings (SSSR count). The average Bonchev–Trinajstić information content (AvgIpc) is 2.96. The third kappa shape index (κ3) is 3.90. The van der Waals surface area contributed by atoms with E-state index in [2.05, 4.69) is 43.9 Å². The van der Waals surface area contributed by atoms with Crippen molar-refractivity contribution in [3.8, 4) is 5.75 Å². The third-order valence-electron chi connectivity index (χ3n) is 5.26. The van der Waals surface area contributed by atoms with Crippen molar-refractivity contribution in [2.75, 3.05) is 12.4 Å². The maximum Gasteiger partial charge on any atom is 0.272 e. The van der Waals surface area contributed by atoms with Gasteiger partial charge in [-0.15, -0.1) is 6.58 Å². The van der Waals surface area contributed by atoms with E-state index in [0.717, 1.165) is 22.0 Å². The van der Waals surface area contributed by atoms with Gasteiger partial charge in [0.1, 0.15) is 11.4 Å². The molecule has 0 saturated carbocycles. The molecular formula is C24H27ClN2O2. The van der Waals surface area contributed by atoms with Crippen LogP contribution in [-0.4, -0.2) is 17.6 Å². The van der Waals surface area contributed by atoms with Crippen LogP contribution in [0.1, 0.15) is 46.9 Å². The highest BCUT2D eigenvalue weighted by atomic mass is 35.5. The number of hydrogen-bond donors (Lipinski definition) is 1. The molecule has 0 bridgehead atoms. The quantitative estimate of drug-likeness (QED) is 0.472. The van der Waals surface area contributed by atoms with Gasteiger partial charge in [-0.05, 0) is 54.7 Å². The number of carbonyl (C=O) groups excluding carboxylic acids is 1. The van der Waals surface area contributed by atoms with Crippen LogP contribution < -0.4 is 10.1 Å². The topological polar surface area (TPSA) is 43.3 Å².